The summed E-state index contributed by atoms with van der Waals surface area (Å²) in [5.74, 6) is 1.09. The number of furan rings is 1. The van der Waals surface area contributed by atoms with E-state index < -0.39 is 0 Å². The Kier molecular flexibility index (Phi) is 5.39. The first-order valence-electron chi connectivity index (χ1n) is 7.56. The van der Waals surface area contributed by atoms with Gasteiger partial charge in [0.15, 0.2) is 0 Å². The first kappa shape index (κ1) is 16.3. The monoisotopic (exact) mass is 301 g/mol. The van der Waals surface area contributed by atoms with Gasteiger partial charge in [0.1, 0.15) is 5.76 Å². The molecular formula is C18H23NO3. The first-order chi connectivity index (χ1) is 10.5. The number of rotatable bonds is 6. The molecule has 4 heteroatoms. The van der Waals surface area contributed by atoms with Crippen LogP contribution >= 0.6 is 0 Å². The molecule has 0 bridgehead atoms. The quantitative estimate of drug-likeness (QED) is 0.889. The van der Waals surface area contributed by atoms with Gasteiger partial charge in [0.2, 0.25) is 0 Å². The highest BCUT2D eigenvalue weighted by molar-refractivity contribution is 5.94. The number of hydrogen-bond acceptors (Lipinski definition) is 3. The van der Waals surface area contributed by atoms with E-state index >= 15 is 0 Å². The molecule has 0 aliphatic carbocycles. The number of carbonyl (C=O) groups is 1. The Hall–Kier alpha value is -2.07. The van der Waals surface area contributed by atoms with Crippen LogP contribution in [-0.4, -0.2) is 22.0 Å². The molecule has 0 spiro atoms. The Morgan fingerprint density at radius 2 is 1.86 bits per heavy atom. The summed E-state index contributed by atoms with van der Waals surface area (Å²) in [6, 6.07) is 10.9. The summed E-state index contributed by atoms with van der Waals surface area (Å²) in [6.07, 6.45) is 1.62. The number of aliphatic hydroxyl groups is 1. The highest BCUT2D eigenvalue weighted by atomic mass is 16.3. The molecule has 118 valence electrons. The third-order valence-electron chi connectivity index (χ3n) is 4.01. The second-order valence-corrected chi connectivity index (χ2v) is 5.85. The number of benzene rings is 1. The second kappa shape index (κ2) is 7.27. The Morgan fingerprint density at radius 3 is 2.36 bits per heavy atom. The molecule has 1 N–H and O–H groups in total. The van der Waals surface area contributed by atoms with Crippen molar-refractivity contribution in [1.29, 1.82) is 0 Å². The zero-order valence-corrected chi connectivity index (χ0v) is 13.3. The molecule has 1 heterocycles. The molecule has 22 heavy (non-hydrogen) atoms. The Morgan fingerprint density at radius 1 is 1.18 bits per heavy atom. The fourth-order valence-corrected chi connectivity index (χ4v) is 2.25. The maximum absolute atomic E-state index is 12.8. The molecule has 0 saturated heterocycles. The van der Waals surface area contributed by atoms with E-state index in [1.54, 1.807) is 30.5 Å². The highest BCUT2D eigenvalue weighted by Crippen LogP contribution is 2.19. The maximum atomic E-state index is 12.8. The highest BCUT2D eigenvalue weighted by Gasteiger charge is 2.24. The Labute approximate surface area is 131 Å². The van der Waals surface area contributed by atoms with Crippen molar-refractivity contribution in [2.24, 2.45) is 5.92 Å². The van der Waals surface area contributed by atoms with E-state index in [4.69, 9.17) is 9.52 Å². The standard InChI is InChI=1S/C18H23NO3/c1-13(2)14(3)19(11-17-5-4-10-22-17)18(21)16-8-6-15(12-20)7-9-16/h4-10,13-14,20H,11-12H2,1-3H3/t14-/m0/s1. The van der Waals surface area contributed by atoms with Crippen molar-refractivity contribution in [3.63, 3.8) is 0 Å². The zero-order valence-electron chi connectivity index (χ0n) is 13.3. The smallest absolute Gasteiger partial charge is 0.254 e. The van der Waals surface area contributed by atoms with Gasteiger partial charge in [-0.1, -0.05) is 26.0 Å². The van der Waals surface area contributed by atoms with E-state index in [9.17, 15) is 4.79 Å². The topological polar surface area (TPSA) is 53.7 Å². The third kappa shape index (κ3) is 3.77. The number of nitrogens with zero attached hydrogens (tertiary/aromatic N) is 1. The summed E-state index contributed by atoms with van der Waals surface area (Å²) in [4.78, 5) is 14.7. The van der Waals surface area contributed by atoms with Crippen molar-refractivity contribution in [3.8, 4) is 0 Å². The molecule has 0 aliphatic rings. The van der Waals surface area contributed by atoms with Crippen LogP contribution in [0.1, 0.15) is 42.5 Å². The van der Waals surface area contributed by atoms with E-state index in [1.165, 1.54) is 0 Å². The molecule has 0 fully saturated rings. The van der Waals surface area contributed by atoms with Crippen LogP contribution in [-0.2, 0) is 13.2 Å². The first-order valence-corrected chi connectivity index (χ1v) is 7.56. The SMILES string of the molecule is CC(C)[C@H](C)N(Cc1ccco1)C(=O)c1ccc(CO)cc1. The molecule has 1 aromatic heterocycles. The van der Waals surface area contributed by atoms with Crippen LogP contribution in [0.3, 0.4) is 0 Å². The lowest BCUT2D eigenvalue weighted by atomic mass is 10.0. The summed E-state index contributed by atoms with van der Waals surface area (Å²) < 4.78 is 5.39. The van der Waals surface area contributed by atoms with Gasteiger partial charge in [-0.25, -0.2) is 0 Å². The molecule has 1 atom stereocenters. The van der Waals surface area contributed by atoms with Crippen molar-refractivity contribution >= 4 is 5.91 Å². The zero-order chi connectivity index (χ0) is 16.1. The van der Waals surface area contributed by atoms with E-state index in [-0.39, 0.29) is 18.6 Å². The van der Waals surface area contributed by atoms with Gasteiger partial charge in [-0.3, -0.25) is 4.79 Å². The molecule has 2 rings (SSSR count). The van der Waals surface area contributed by atoms with Crippen molar-refractivity contribution < 1.29 is 14.3 Å². The van der Waals surface area contributed by atoms with Gasteiger partial charge >= 0.3 is 0 Å². The minimum atomic E-state index is -0.0258. The maximum Gasteiger partial charge on any atom is 0.254 e. The lowest BCUT2D eigenvalue weighted by Crippen LogP contribution is -2.40. The summed E-state index contributed by atoms with van der Waals surface area (Å²) >= 11 is 0. The lowest BCUT2D eigenvalue weighted by molar-refractivity contribution is 0.0611. The molecule has 1 aromatic carbocycles. The fourth-order valence-electron chi connectivity index (χ4n) is 2.25. The van der Waals surface area contributed by atoms with Crippen molar-refractivity contribution in [2.75, 3.05) is 0 Å². The van der Waals surface area contributed by atoms with Crippen molar-refractivity contribution in [1.82, 2.24) is 4.90 Å². The molecule has 2 aromatic rings. The minimum absolute atomic E-state index is 0.0209. The molecule has 4 nitrogen and oxygen atoms in total. The molecule has 0 radical (unpaired) electrons. The predicted molar refractivity (Wildman–Crippen MR) is 85.2 cm³/mol. The summed E-state index contributed by atoms with van der Waals surface area (Å²) in [5.41, 5.74) is 1.42. The fraction of sp³-hybridized carbons (Fsp3) is 0.389. The van der Waals surface area contributed by atoms with Gasteiger partial charge in [-0.15, -0.1) is 0 Å². The normalized spacial score (nSPS) is 12.4. The summed E-state index contributed by atoms with van der Waals surface area (Å²) in [6.45, 7) is 6.68. The van der Waals surface area contributed by atoms with E-state index in [1.807, 2.05) is 24.0 Å². The largest absolute Gasteiger partial charge is 0.467 e. The average Bonchev–Trinajstić information content (AvgIpc) is 3.04. The van der Waals surface area contributed by atoms with E-state index in [0.717, 1.165) is 11.3 Å². The average molecular weight is 301 g/mol. The summed E-state index contributed by atoms with van der Waals surface area (Å²) in [5, 5.41) is 9.10. The van der Waals surface area contributed by atoms with E-state index in [0.29, 0.717) is 18.0 Å². The van der Waals surface area contributed by atoms with Gasteiger partial charge in [0.25, 0.3) is 5.91 Å². The van der Waals surface area contributed by atoms with Crippen LogP contribution < -0.4 is 0 Å². The van der Waals surface area contributed by atoms with Gasteiger partial charge in [0.05, 0.1) is 19.4 Å². The van der Waals surface area contributed by atoms with Crippen LogP contribution in [0, 0.1) is 5.92 Å². The van der Waals surface area contributed by atoms with Crippen molar-refractivity contribution in [3.05, 3.63) is 59.5 Å². The molecule has 1 amide bonds. The van der Waals surface area contributed by atoms with Crippen LogP contribution in [0.2, 0.25) is 0 Å². The summed E-state index contributed by atoms with van der Waals surface area (Å²) in [7, 11) is 0. The van der Waals surface area contributed by atoms with Crippen LogP contribution in [0.4, 0.5) is 0 Å². The van der Waals surface area contributed by atoms with E-state index in [2.05, 4.69) is 13.8 Å². The van der Waals surface area contributed by atoms with Crippen molar-refractivity contribution in [2.45, 2.75) is 40.0 Å². The molecule has 0 saturated carbocycles. The molecule has 0 aliphatic heterocycles. The Bertz CT molecular complexity index is 587. The van der Waals surface area contributed by atoms with Gasteiger partial charge in [-0.05, 0) is 42.7 Å². The Balaban J connectivity index is 2.24. The van der Waals surface area contributed by atoms with Gasteiger partial charge in [-0.2, -0.15) is 0 Å². The minimum Gasteiger partial charge on any atom is -0.467 e. The van der Waals surface area contributed by atoms with Gasteiger partial charge < -0.3 is 14.4 Å². The predicted octanol–water partition coefficient (Wildman–Crippen LogP) is 3.46. The van der Waals surface area contributed by atoms with Crippen LogP contribution in [0.25, 0.3) is 0 Å². The molecule has 0 unspecified atom stereocenters. The van der Waals surface area contributed by atoms with Gasteiger partial charge in [0, 0.05) is 11.6 Å². The number of amides is 1. The second-order valence-electron chi connectivity index (χ2n) is 5.85. The van der Waals surface area contributed by atoms with Crippen LogP contribution in [0.15, 0.2) is 47.1 Å². The number of aliphatic hydroxyl groups excluding tert-OH is 1. The lowest BCUT2D eigenvalue weighted by Gasteiger charge is -2.31. The number of hydrogen-bond donors (Lipinski definition) is 1. The van der Waals surface area contributed by atoms with Crippen LogP contribution in [0.5, 0.6) is 0 Å². The molecular weight excluding hydrogens is 278 g/mol. The third-order valence-corrected chi connectivity index (χ3v) is 4.01. The number of carbonyl (C=O) groups excluding carboxylic acids is 1.